The molecule has 13 aromatic rings. The fourth-order valence-corrected chi connectivity index (χ4v) is 10.0. The van der Waals surface area contributed by atoms with Gasteiger partial charge < -0.3 is 9.13 Å². The number of para-hydroxylation sites is 4. The van der Waals surface area contributed by atoms with Gasteiger partial charge in [0.2, 0.25) is 0 Å². The molecule has 318 valence electrons. The quantitative estimate of drug-likeness (QED) is 0.153. The molecule has 0 bridgehead atoms. The van der Waals surface area contributed by atoms with E-state index in [0.29, 0.717) is 17.5 Å². The minimum absolute atomic E-state index is 0.611. The molecule has 0 amide bonds. The van der Waals surface area contributed by atoms with Crippen molar-refractivity contribution in [2.75, 3.05) is 0 Å². The number of nitrogens with zero attached hydrogens (tertiary/aromatic N) is 5. The van der Waals surface area contributed by atoms with Gasteiger partial charge in [0.15, 0.2) is 17.5 Å². The summed E-state index contributed by atoms with van der Waals surface area (Å²) in [6.07, 6.45) is 0. The Morgan fingerprint density at radius 1 is 0.250 bits per heavy atom. The third-order valence-electron chi connectivity index (χ3n) is 13.2. The van der Waals surface area contributed by atoms with E-state index in [1.807, 2.05) is 18.2 Å². The van der Waals surface area contributed by atoms with Crippen LogP contribution in [0.5, 0.6) is 0 Å². The Kier molecular flexibility index (Phi) is 9.43. The van der Waals surface area contributed by atoms with E-state index in [4.69, 9.17) is 15.0 Å². The Hall–Kier alpha value is -9.19. The molecule has 0 aliphatic carbocycles. The zero-order chi connectivity index (χ0) is 45.0. The summed E-state index contributed by atoms with van der Waals surface area (Å²) < 4.78 is 4.75. The van der Waals surface area contributed by atoms with E-state index in [9.17, 15) is 0 Å². The summed E-state index contributed by atoms with van der Waals surface area (Å²) in [6, 6.07) is 88.1. The zero-order valence-corrected chi connectivity index (χ0v) is 36.9. The number of benzene rings is 10. The Morgan fingerprint density at radius 2 is 0.706 bits per heavy atom. The van der Waals surface area contributed by atoms with Crippen LogP contribution in [0.4, 0.5) is 0 Å². The molecule has 10 aromatic carbocycles. The van der Waals surface area contributed by atoms with Gasteiger partial charge in [-0.3, -0.25) is 0 Å². The maximum absolute atomic E-state index is 5.23. The molecule has 0 saturated heterocycles. The molecule has 0 radical (unpaired) electrons. The van der Waals surface area contributed by atoms with Gasteiger partial charge in [0.1, 0.15) is 0 Å². The van der Waals surface area contributed by atoms with E-state index in [0.717, 1.165) is 61.4 Å². The van der Waals surface area contributed by atoms with Crippen LogP contribution in [0.25, 0.3) is 123 Å². The van der Waals surface area contributed by atoms with Crippen LogP contribution < -0.4 is 0 Å². The minimum atomic E-state index is 0.611. The lowest BCUT2D eigenvalue weighted by atomic mass is 9.95. The van der Waals surface area contributed by atoms with Crippen molar-refractivity contribution < 1.29 is 0 Å². The lowest BCUT2D eigenvalue weighted by Crippen LogP contribution is -2.02. The summed E-state index contributed by atoms with van der Waals surface area (Å²) in [6.45, 7) is 0. The lowest BCUT2D eigenvalue weighted by molar-refractivity contribution is 1.07. The molecule has 68 heavy (non-hydrogen) atoms. The third-order valence-corrected chi connectivity index (χ3v) is 13.2. The van der Waals surface area contributed by atoms with Crippen molar-refractivity contribution >= 4 is 43.6 Å². The average molecular weight is 868 g/mol. The highest BCUT2D eigenvalue weighted by Gasteiger charge is 2.20. The van der Waals surface area contributed by atoms with Crippen molar-refractivity contribution in [1.29, 1.82) is 0 Å². The topological polar surface area (TPSA) is 48.5 Å². The van der Waals surface area contributed by atoms with Gasteiger partial charge in [-0.2, -0.15) is 0 Å². The first-order chi connectivity index (χ1) is 33.7. The predicted octanol–water partition coefficient (Wildman–Crippen LogP) is 16.1. The molecule has 3 aromatic heterocycles. The number of hydrogen-bond acceptors (Lipinski definition) is 3. The van der Waals surface area contributed by atoms with Gasteiger partial charge in [0.25, 0.3) is 0 Å². The molecule has 0 saturated carbocycles. The molecular weight excluding hydrogens is 827 g/mol. The first kappa shape index (κ1) is 39.2. The Morgan fingerprint density at radius 3 is 1.37 bits per heavy atom. The fourth-order valence-electron chi connectivity index (χ4n) is 10.0. The van der Waals surface area contributed by atoms with Crippen LogP contribution in [-0.2, 0) is 0 Å². The smallest absolute Gasteiger partial charge is 0.164 e. The average Bonchev–Trinajstić information content (AvgIpc) is 3.94. The maximum atomic E-state index is 5.23. The summed E-state index contributed by atoms with van der Waals surface area (Å²) in [5.74, 6) is 1.85. The van der Waals surface area contributed by atoms with Crippen LogP contribution in [-0.4, -0.2) is 24.1 Å². The molecule has 0 atom stereocenters. The summed E-state index contributed by atoms with van der Waals surface area (Å²) in [7, 11) is 0. The van der Waals surface area contributed by atoms with Crippen LogP contribution in [0.2, 0.25) is 0 Å². The van der Waals surface area contributed by atoms with Crippen LogP contribution in [0.1, 0.15) is 0 Å². The summed E-state index contributed by atoms with van der Waals surface area (Å²) in [5, 5.41) is 4.93. The van der Waals surface area contributed by atoms with Crippen LogP contribution in [0.15, 0.2) is 249 Å². The van der Waals surface area contributed by atoms with Gasteiger partial charge in [0, 0.05) is 49.5 Å². The Bertz CT molecular complexity index is 3950. The van der Waals surface area contributed by atoms with Gasteiger partial charge in [-0.05, 0) is 88.5 Å². The third kappa shape index (κ3) is 6.68. The summed E-state index contributed by atoms with van der Waals surface area (Å²) >= 11 is 0. The van der Waals surface area contributed by atoms with Gasteiger partial charge in [-0.15, -0.1) is 0 Å². The first-order valence-electron chi connectivity index (χ1n) is 23.0. The highest BCUT2D eigenvalue weighted by Crippen LogP contribution is 2.41. The molecule has 0 spiro atoms. The van der Waals surface area contributed by atoms with Gasteiger partial charge in [-0.25, -0.2) is 15.0 Å². The van der Waals surface area contributed by atoms with E-state index >= 15 is 0 Å². The van der Waals surface area contributed by atoms with Crippen molar-refractivity contribution in [1.82, 2.24) is 24.1 Å². The molecule has 3 heterocycles. The van der Waals surface area contributed by atoms with E-state index in [-0.39, 0.29) is 0 Å². The molecule has 0 aliphatic rings. The van der Waals surface area contributed by atoms with Crippen molar-refractivity contribution in [3.63, 3.8) is 0 Å². The van der Waals surface area contributed by atoms with Crippen LogP contribution in [0, 0.1) is 0 Å². The molecule has 5 heteroatoms. The fraction of sp³-hybridized carbons (Fsp3) is 0. The molecule has 13 rings (SSSR count). The largest absolute Gasteiger partial charge is 0.309 e. The highest BCUT2D eigenvalue weighted by molar-refractivity contribution is 6.16. The maximum Gasteiger partial charge on any atom is 0.164 e. The molecule has 5 nitrogen and oxygen atoms in total. The second-order valence-corrected chi connectivity index (χ2v) is 17.2. The SMILES string of the molecule is c1ccc(-c2nc(-c3ccc(-c4cccc(-c5cccc6c5c5ccccc5n6-c5ccccc5)c4)cc3)nc(-c3ccc(-n4c5ccccc5c5ccccc54)c(-c4ccccc4)c3)n2)cc1. The first-order valence-corrected chi connectivity index (χ1v) is 23.0. The monoisotopic (exact) mass is 867 g/mol. The van der Waals surface area contributed by atoms with Crippen molar-refractivity contribution in [2.24, 2.45) is 0 Å². The molecule has 0 unspecified atom stereocenters. The number of rotatable bonds is 8. The zero-order valence-electron chi connectivity index (χ0n) is 36.9. The lowest BCUT2D eigenvalue weighted by Gasteiger charge is -2.16. The van der Waals surface area contributed by atoms with Crippen molar-refractivity contribution in [3.8, 4) is 78.9 Å². The van der Waals surface area contributed by atoms with E-state index in [2.05, 4.69) is 240 Å². The van der Waals surface area contributed by atoms with Gasteiger partial charge in [0.05, 0.1) is 27.8 Å². The second kappa shape index (κ2) is 16.4. The number of aromatic nitrogens is 5. The van der Waals surface area contributed by atoms with Gasteiger partial charge in [-0.1, -0.05) is 188 Å². The summed E-state index contributed by atoms with van der Waals surface area (Å²) in [5.41, 5.74) is 16.5. The number of hydrogen-bond donors (Lipinski definition) is 0. The van der Waals surface area contributed by atoms with E-state index < -0.39 is 0 Å². The number of fused-ring (bicyclic) bond motifs is 6. The van der Waals surface area contributed by atoms with Crippen LogP contribution in [0.3, 0.4) is 0 Å². The van der Waals surface area contributed by atoms with E-state index in [1.54, 1.807) is 0 Å². The highest BCUT2D eigenvalue weighted by atomic mass is 15.0. The summed E-state index contributed by atoms with van der Waals surface area (Å²) in [4.78, 5) is 15.5. The molecule has 0 aliphatic heterocycles. The molecule has 0 N–H and O–H groups in total. The Labute approximate surface area is 393 Å². The van der Waals surface area contributed by atoms with Crippen molar-refractivity contribution in [2.45, 2.75) is 0 Å². The molecular formula is C63H41N5. The van der Waals surface area contributed by atoms with Crippen molar-refractivity contribution in [3.05, 3.63) is 249 Å². The van der Waals surface area contributed by atoms with E-state index in [1.165, 1.54) is 43.7 Å². The predicted molar refractivity (Wildman–Crippen MR) is 281 cm³/mol. The Balaban J connectivity index is 0.906. The normalized spacial score (nSPS) is 11.5. The van der Waals surface area contributed by atoms with Gasteiger partial charge >= 0.3 is 0 Å². The second-order valence-electron chi connectivity index (χ2n) is 17.2. The standard InChI is InChI=1S/C63H41N5/c1-4-18-43(19-5-1)54-41-48(38-39-58(54)68-55-30-13-10-26-51(55)52-27-11-14-31-56(52)68)63-65-61(44-20-6-2-7-21-44)64-62(66-63)45-36-34-42(35-37-45)46-22-16-23-47(40-46)50-29-17-33-59-60(50)53-28-12-15-32-57(53)67(59)49-24-8-3-9-25-49/h1-41H. The minimum Gasteiger partial charge on any atom is -0.309 e. The van der Waals surface area contributed by atoms with Crippen LogP contribution >= 0.6 is 0 Å². The molecule has 0 fully saturated rings.